The molecule has 0 aliphatic rings. The fraction of sp³-hybridized carbons (Fsp3) is 0.182. The van der Waals surface area contributed by atoms with E-state index in [1.807, 2.05) is 13.0 Å². The van der Waals surface area contributed by atoms with Gasteiger partial charge < -0.3 is 0 Å². The maximum atomic E-state index is 10.9. The second-order valence-electron chi connectivity index (χ2n) is 3.42. The molecule has 0 fully saturated rings. The molecular formula is C11H11N3O2. The van der Waals surface area contributed by atoms with Gasteiger partial charge in [-0.05, 0) is 12.5 Å². The van der Waals surface area contributed by atoms with Crippen molar-refractivity contribution in [3.05, 3.63) is 46.1 Å². The van der Waals surface area contributed by atoms with Gasteiger partial charge in [0.2, 0.25) is 0 Å². The summed E-state index contributed by atoms with van der Waals surface area (Å²) in [5.74, 6) is 0. The van der Waals surface area contributed by atoms with E-state index in [1.54, 1.807) is 24.4 Å². The lowest BCUT2D eigenvalue weighted by atomic mass is 10.1. The van der Waals surface area contributed by atoms with Crippen molar-refractivity contribution in [2.24, 2.45) is 0 Å². The second kappa shape index (κ2) is 4.14. The van der Waals surface area contributed by atoms with E-state index in [0.29, 0.717) is 6.42 Å². The molecule has 1 heterocycles. The number of benzene rings is 1. The van der Waals surface area contributed by atoms with Crippen LogP contribution in [0.4, 0.5) is 5.69 Å². The highest BCUT2D eigenvalue weighted by atomic mass is 16.6. The summed E-state index contributed by atoms with van der Waals surface area (Å²) in [5.41, 5.74) is 2.47. The highest BCUT2D eigenvalue weighted by Crippen LogP contribution is 2.26. The van der Waals surface area contributed by atoms with E-state index in [0.717, 1.165) is 16.8 Å². The van der Waals surface area contributed by atoms with Gasteiger partial charge in [0, 0.05) is 23.4 Å². The van der Waals surface area contributed by atoms with Crippen molar-refractivity contribution in [2.75, 3.05) is 0 Å². The first-order valence-electron chi connectivity index (χ1n) is 4.99. The molecule has 0 saturated heterocycles. The van der Waals surface area contributed by atoms with Gasteiger partial charge in [-0.15, -0.1) is 0 Å². The molecule has 1 aromatic heterocycles. The number of nitrogens with one attached hydrogen (secondary N) is 1. The smallest absolute Gasteiger partial charge is 0.273 e. The van der Waals surface area contributed by atoms with Crippen molar-refractivity contribution < 1.29 is 4.92 Å². The van der Waals surface area contributed by atoms with Crippen LogP contribution in [0.2, 0.25) is 0 Å². The van der Waals surface area contributed by atoms with Crippen molar-refractivity contribution >= 4 is 5.69 Å². The van der Waals surface area contributed by atoms with Gasteiger partial charge in [0.15, 0.2) is 0 Å². The first-order valence-corrected chi connectivity index (χ1v) is 4.99. The van der Waals surface area contributed by atoms with Crippen LogP contribution in [-0.4, -0.2) is 15.1 Å². The molecule has 1 N–H and O–H groups in total. The van der Waals surface area contributed by atoms with Crippen LogP contribution in [0, 0.1) is 10.1 Å². The highest BCUT2D eigenvalue weighted by Gasteiger charge is 2.13. The first-order chi connectivity index (χ1) is 7.72. The summed E-state index contributed by atoms with van der Waals surface area (Å²) in [4.78, 5) is 10.5. The quantitative estimate of drug-likeness (QED) is 0.634. The SMILES string of the molecule is CCc1ccc(-c2ccn[nH]2)cc1[N+](=O)[O-]. The molecule has 0 spiro atoms. The molecular weight excluding hydrogens is 206 g/mol. The minimum absolute atomic E-state index is 0.162. The van der Waals surface area contributed by atoms with Gasteiger partial charge in [-0.25, -0.2) is 0 Å². The van der Waals surface area contributed by atoms with Crippen molar-refractivity contribution in [2.45, 2.75) is 13.3 Å². The summed E-state index contributed by atoms with van der Waals surface area (Å²) in [6.45, 7) is 1.90. The van der Waals surface area contributed by atoms with Gasteiger partial charge in [0.1, 0.15) is 0 Å². The summed E-state index contributed by atoms with van der Waals surface area (Å²) in [6, 6.07) is 7.00. The van der Waals surface area contributed by atoms with Crippen molar-refractivity contribution in [1.29, 1.82) is 0 Å². The van der Waals surface area contributed by atoms with E-state index in [2.05, 4.69) is 10.2 Å². The predicted molar refractivity (Wildman–Crippen MR) is 60.1 cm³/mol. The minimum Gasteiger partial charge on any atom is -0.278 e. The Morgan fingerprint density at radius 2 is 2.25 bits per heavy atom. The van der Waals surface area contributed by atoms with Gasteiger partial charge in [-0.1, -0.05) is 19.1 Å². The van der Waals surface area contributed by atoms with Crippen LogP contribution < -0.4 is 0 Å². The second-order valence-corrected chi connectivity index (χ2v) is 3.42. The molecule has 0 saturated carbocycles. The number of H-pyrrole nitrogens is 1. The van der Waals surface area contributed by atoms with Gasteiger partial charge in [0.25, 0.3) is 5.69 Å². The third-order valence-corrected chi connectivity index (χ3v) is 2.47. The zero-order valence-electron chi connectivity index (χ0n) is 8.80. The Kier molecular flexibility index (Phi) is 2.68. The Morgan fingerprint density at radius 3 is 2.81 bits per heavy atom. The molecule has 82 valence electrons. The third-order valence-electron chi connectivity index (χ3n) is 2.47. The average molecular weight is 217 g/mol. The Labute approximate surface area is 92.3 Å². The van der Waals surface area contributed by atoms with Gasteiger partial charge in [0.05, 0.1) is 10.6 Å². The van der Waals surface area contributed by atoms with E-state index in [-0.39, 0.29) is 10.6 Å². The lowest BCUT2D eigenvalue weighted by molar-refractivity contribution is -0.385. The van der Waals surface area contributed by atoms with Gasteiger partial charge in [-0.3, -0.25) is 15.2 Å². The largest absolute Gasteiger partial charge is 0.278 e. The zero-order chi connectivity index (χ0) is 11.5. The Balaban J connectivity index is 2.51. The van der Waals surface area contributed by atoms with Crippen LogP contribution in [0.15, 0.2) is 30.5 Å². The molecule has 0 atom stereocenters. The normalized spacial score (nSPS) is 10.3. The Bertz CT molecular complexity index is 506. The number of nitro benzene ring substituents is 1. The molecule has 0 unspecified atom stereocenters. The molecule has 0 amide bonds. The van der Waals surface area contributed by atoms with Crippen LogP contribution in [0.5, 0.6) is 0 Å². The minimum atomic E-state index is -0.349. The van der Waals surface area contributed by atoms with Crippen molar-refractivity contribution in [3.63, 3.8) is 0 Å². The van der Waals surface area contributed by atoms with Gasteiger partial charge >= 0.3 is 0 Å². The summed E-state index contributed by atoms with van der Waals surface area (Å²) < 4.78 is 0. The molecule has 1 aromatic carbocycles. The van der Waals surface area contributed by atoms with E-state index in [9.17, 15) is 10.1 Å². The number of aryl methyl sites for hydroxylation is 1. The lowest BCUT2D eigenvalue weighted by Gasteiger charge is -2.02. The van der Waals surface area contributed by atoms with E-state index >= 15 is 0 Å². The summed E-state index contributed by atoms with van der Waals surface area (Å²) in [6.07, 6.45) is 2.27. The summed E-state index contributed by atoms with van der Waals surface area (Å²) in [5, 5.41) is 17.5. The maximum Gasteiger partial charge on any atom is 0.273 e. The summed E-state index contributed by atoms with van der Waals surface area (Å²) >= 11 is 0. The van der Waals surface area contributed by atoms with Gasteiger partial charge in [-0.2, -0.15) is 5.10 Å². The van der Waals surface area contributed by atoms with E-state index in [1.165, 1.54) is 0 Å². The number of hydrogen-bond donors (Lipinski definition) is 1. The number of aromatic nitrogens is 2. The first kappa shape index (κ1) is 10.4. The molecule has 5 heteroatoms. The van der Waals surface area contributed by atoms with Crippen LogP contribution in [-0.2, 0) is 6.42 Å². The molecule has 0 bridgehead atoms. The summed E-state index contributed by atoms with van der Waals surface area (Å²) in [7, 11) is 0. The lowest BCUT2D eigenvalue weighted by Crippen LogP contribution is -1.94. The molecule has 0 aliphatic carbocycles. The van der Waals surface area contributed by atoms with Crippen LogP contribution in [0.3, 0.4) is 0 Å². The van der Waals surface area contributed by atoms with Crippen LogP contribution in [0.1, 0.15) is 12.5 Å². The van der Waals surface area contributed by atoms with Crippen molar-refractivity contribution in [3.8, 4) is 11.3 Å². The molecule has 0 aliphatic heterocycles. The third kappa shape index (κ3) is 1.79. The number of nitro groups is 1. The molecule has 16 heavy (non-hydrogen) atoms. The van der Waals surface area contributed by atoms with Crippen LogP contribution in [0.25, 0.3) is 11.3 Å². The molecule has 5 nitrogen and oxygen atoms in total. The molecule has 2 rings (SSSR count). The molecule has 2 aromatic rings. The number of hydrogen-bond acceptors (Lipinski definition) is 3. The van der Waals surface area contributed by atoms with E-state index < -0.39 is 0 Å². The number of rotatable bonds is 3. The maximum absolute atomic E-state index is 10.9. The number of aromatic amines is 1. The average Bonchev–Trinajstić information content (AvgIpc) is 2.81. The Hall–Kier alpha value is -2.17. The zero-order valence-corrected chi connectivity index (χ0v) is 8.80. The number of nitrogens with zero attached hydrogens (tertiary/aromatic N) is 2. The Morgan fingerprint density at radius 1 is 1.44 bits per heavy atom. The standard InChI is InChI=1S/C11H11N3O2/c1-2-8-3-4-9(7-11(8)14(15)16)10-5-6-12-13-10/h3-7H,2H2,1H3,(H,12,13). The van der Waals surface area contributed by atoms with Crippen molar-refractivity contribution in [1.82, 2.24) is 10.2 Å². The highest BCUT2D eigenvalue weighted by molar-refractivity contribution is 5.63. The monoisotopic (exact) mass is 217 g/mol. The molecule has 0 radical (unpaired) electrons. The topological polar surface area (TPSA) is 71.8 Å². The van der Waals surface area contributed by atoms with Crippen LogP contribution >= 0.6 is 0 Å². The fourth-order valence-electron chi connectivity index (χ4n) is 1.62. The van der Waals surface area contributed by atoms with E-state index in [4.69, 9.17) is 0 Å². The predicted octanol–water partition coefficient (Wildman–Crippen LogP) is 2.55. The fourth-order valence-corrected chi connectivity index (χ4v) is 1.62.